The minimum Gasteiger partial charge on any atom is -0.487 e. The van der Waals surface area contributed by atoms with Gasteiger partial charge in [0.15, 0.2) is 0 Å². The van der Waals surface area contributed by atoms with Crippen molar-refractivity contribution in [3.8, 4) is 5.75 Å². The van der Waals surface area contributed by atoms with Gasteiger partial charge >= 0.3 is 0 Å². The molecule has 0 saturated heterocycles. The molecule has 25 heavy (non-hydrogen) atoms. The Morgan fingerprint density at radius 1 is 1.16 bits per heavy atom. The average Bonchev–Trinajstić information content (AvgIpc) is 3.05. The lowest BCUT2D eigenvalue weighted by molar-refractivity contribution is 0.222. The molecular weight excluding hydrogens is 314 g/mol. The van der Waals surface area contributed by atoms with Crippen LogP contribution >= 0.6 is 0 Å². The summed E-state index contributed by atoms with van der Waals surface area (Å²) in [4.78, 5) is 10.9. The van der Waals surface area contributed by atoms with Gasteiger partial charge in [-0.05, 0) is 48.7 Å². The van der Waals surface area contributed by atoms with Gasteiger partial charge in [0, 0.05) is 37.2 Å². The highest BCUT2D eigenvalue weighted by atomic mass is 16.5. The van der Waals surface area contributed by atoms with Gasteiger partial charge < -0.3 is 9.15 Å². The molecule has 4 heterocycles. The minimum atomic E-state index is 0.527. The molecule has 5 nitrogen and oxygen atoms in total. The van der Waals surface area contributed by atoms with Crippen molar-refractivity contribution in [2.45, 2.75) is 33.0 Å². The van der Waals surface area contributed by atoms with Gasteiger partial charge in [-0.15, -0.1) is 0 Å². The number of aromatic nitrogens is 2. The molecule has 0 radical (unpaired) electrons. The Morgan fingerprint density at radius 2 is 2.12 bits per heavy atom. The summed E-state index contributed by atoms with van der Waals surface area (Å²) in [5.74, 6) is 2.76. The molecule has 0 fully saturated rings. The van der Waals surface area contributed by atoms with E-state index >= 15 is 0 Å². The molecule has 0 amide bonds. The van der Waals surface area contributed by atoms with Crippen LogP contribution in [0.4, 0.5) is 0 Å². The van der Waals surface area contributed by atoms with Gasteiger partial charge in [0.2, 0.25) is 0 Å². The predicted molar refractivity (Wildman–Crippen MR) is 94.1 cm³/mol. The number of nitrogens with zero attached hydrogens (tertiary/aromatic N) is 3. The topological polar surface area (TPSA) is 51.4 Å². The van der Waals surface area contributed by atoms with Crippen LogP contribution in [0.25, 0.3) is 0 Å². The van der Waals surface area contributed by atoms with Crippen molar-refractivity contribution in [3.05, 3.63) is 77.3 Å². The second-order valence-corrected chi connectivity index (χ2v) is 6.39. The first-order valence-corrected chi connectivity index (χ1v) is 8.53. The molecule has 0 aromatic carbocycles. The van der Waals surface area contributed by atoms with E-state index in [1.54, 1.807) is 12.4 Å². The summed E-state index contributed by atoms with van der Waals surface area (Å²) in [5.41, 5.74) is 3.81. The molecular formula is C20H21N3O2. The van der Waals surface area contributed by atoms with Crippen LogP contribution in [0, 0.1) is 6.92 Å². The van der Waals surface area contributed by atoms with Crippen LogP contribution < -0.4 is 4.74 Å². The van der Waals surface area contributed by atoms with Gasteiger partial charge in [0.1, 0.15) is 23.9 Å². The molecule has 0 unspecified atom stereocenters. The van der Waals surface area contributed by atoms with Gasteiger partial charge in [0.25, 0.3) is 0 Å². The lowest BCUT2D eigenvalue weighted by atomic mass is 9.97. The summed E-state index contributed by atoms with van der Waals surface area (Å²) < 4.78 is 11.6. The Kier molecular flexibility index (Phi) is 4.48. The van der Waals surface area contributed by atoms with E-state index in [-0.39, 0.29) is 0 Å². The third-order valence-corrected chi connectivity index (χ3v) is 4.51. The first-order chi connectivity index (χ1) is 12.3. The Bertz CT molecular complexity index is 845. The fourth-order valence-corrected chi connectivity index (χ4v) is 3.27. The number of rotatable bonds is 5. The summed E-state index contributed by atoms with van der Waals surface area (Å²) in [7, 11) is 0. The van der Waals surface area contributed by atoms with Gasteiger partial charge in [-0.3, -0.25) is 14.9 Å². The highest BCUT2D eigenvalue weighted by Gasteiger charge is 2.20. The zero-order valence-electron chi connectivity index (χ0n) is 14.3. The van der Waals surface area contributed by atoms with Crippen LogP contribution in [-0.2, 0) is 26.1 Å². The van der Waals surface area contributed by atoms with E-state index < -0.39 is 0 Å². The van der Waals surface area contributed by atoms with E-state index in [1.807, 2.05) is 37.5 Å². The second-order valence-electron chi connectivity index (χ2n) is 6.39. The number of hydrogen-bond acceptors (Lipinski definition) is 5. The van der Waals surface area contributed by atoms with Gasteiger partial charge in [-0.1, -0.05) is 0 Å². The summed E-state index contributed by atoms with van der Waals surface area (Å²) in [6.07, 6.45) is 8.37. The maximum absolute atomic E-state index is 5.85. The van der Waals surface area contributed by atoms with Crippen LogP contribution in [0.1, 0.15) is 28.2 Å². The third-order valence-electron chi connectivity index (χ3n) is 4.51. The van der Waals surface area contributed by atoms with Gasteiger partial charge in [-0.2, -0.15) is 0 Å². The zero-order valence-corrected chi connectivity index (χ0v) is 14.3. The lowest BCUT2D eigenvalue weighted by Crippen LogP contribution is -2.30. The molecule has 0 atom stereocenters. The summed E-state index contributed by atoms with van der Waals surface area (Å²) in [6, 6.07) is 7.87. The molecule has 0 spiro atoms. The monoisotopic (exact) mass is 335 g/mol. The second kappa shape index (κ2) is 7.07. The SMILES string of the molecule is Cc1ccc(CN2CCc3c(COc4cccnc4)cncc3C2)o1. The Balaban J connectivity index is 1.44. The summed E-state index contributed by atoms with van der Waals surface area (Å²) in [5, 5.41) is 0. The maximum Gasteiger partial charge on any atom is 0.138 e. The highest BCUT2D eigenvalue weighted by molar-refractivity contribution is 5.34. The zero-order chi connectivity index (χ0) is 17.1. The van der Waals surface area contributed by atoms with Crippen molar-refractivity contribution in [1.29, 1.82) is 0 Å². The number of ether oxygens (including phenoxy) is 1. The normalized spacial score (nSPS) is 14.3. The smallest absolute Gasteiger partial charge is 0.138 e. The number of furan rings is 1. The van der Waals surface area contributed by atoms with Crippen LogP contribution in [0.5, 0.6) is 5.75 Å². The molecule has 3 aromatic heterocycles. The molecule has 0 saturated carbocycles. The van der Waals surface area contributed by atoms with Gasteiger partial charge in [0.05, 0.1) is 12.7 Å². The van der Waals surface area contributed by atoms with Crippen LogP contribution in [0.2, 0.25) is 0 Å². The van der Waals surface area contributed by atoms with Crippen molar-refractivity contribution in [3.63, 3.8) is 0 Å². The molecule has 0 aliphatic carbocycles. The van der Waals surface area contributed by atoms with E-state index in [1.165, 1.54) is 11.1 Å². The molecule has 5 heteroatoms. The Hall–Kier alpha value is -2.66. The minimum absolute atomic E-state index is 0.527. The van der Waals surface area contributed by atoms with Crippen LogP contribution in [0.15, 0.2) is 53.5 Å². The van der Waals surface area contributed by atoms with Crippen molar-refractivity contribution in [2.24, 2.45) is 0 Å². The quantitative estimate of drug-likeness (QED) is 0.714. The van der Waals surface area contributed by atoms with E-state index in [2.05, 4.69) is 20.9 Å². The van der Waals surface area contributed by atoms with Crippen molar-refractivity contribution in [1.82, 2.24) is 14.9 Å². The van der Waals surface area contributed by atoms with Crippen LogP contribution in [-0.4, -0.2) is 21.4 Å². The van der Waals surface area contributed by atoms with Crippen molar-refractivity contribution in [2.75, 3.05) is 6.54 Å². The standard InChI is InChI=1S/C20H21N3O2/c1-15-4-5-19(25-15)13-23-8-6-20-16(12-23)9-22-10-17(20)14-24-18-3-2-7-21-11-18/h2-5,7,9-11H,6,8,12-14H2,1H3. The third kappa shape index (κ3) is 3.72. The fourth-order valence-electron chi connectivity index (χ4n) is 3.27. The number of aryl methyl sites for hydroxylation is 1. The highest BCUT2D eigenvalue weighted by Crippen LogP contribution is 2.24. The molecule has 0 N–H and O–H groups in total. The number of hydrogen-bond donors (Lipinski definition) is 0. The van der Waals surface area contributed by atoms with Gasteiger partial charge in [-0.25, -0.2) is 0 Å². The maximum atomic E-state index is 5.85. The fraction of sp³-hybridized carbons (Fsp3) is 0.300. The number of pyridine rings is 2. The average molecular weight is 335 g/mol. The number of fused-ring (bicyclic) bond motifs is 1. The van der Waals surface area contributed by atoms with Crippen molar-refractivity contribution < 1.29 is 9.15 Å². The van der Waals surface area contributed by atoms with Crippen molar-refractivity contribution >= 4 is 0 Å². The molecule has 0 bridgehead atoms. The predicted octanol–water partition coefficient (Wildman–Crippen LogP) is 3.52. The Morgan fingerprint density at radius 3 is 2.92 bits per heavy atom. The van der Waals surface area contributed by atoms with E-state index in [0.29, 0.717) is 6.61 Å². The molecule has 3 aromatic rings. The Labute approximate surface area is 147 Å². The summed E-state index contributed by atoms with van der Waals surface area (Å²) >= 11 is 0. The lowest BCUT2D eigenvalue weighted by Gasteiger charge is -2.29. The van der Waals surface area contributed by atoms with E-state index in [4.69, 9.17) is 9.15 Å². The van der Waals surface area contributed by atoms with E-state index in [0.717, 1.165) is 48.9 Å². The molecule has 1 aliphatic rings. The molecule has 128 valence electrons. The van der Waals surface area contributed by atoms with Crippen LogP contribution in [0.3, 0.4) is 0 Å². The largest absolute Gasteiger partial charge is 0.487 e. The van der Waals surface area contributed by atoms with E-state index in [9.17, 15) is 0 Å². The molecule has 1 aliphatic heterocycles. The first-order valence-electron chi connectivity index (χ1n) is 8.53. The first kappa shape index (κ1) is 15.8. The summed E-state index contributed by atoms with van der Waals surface area (Å²) in [6.45, 7) is 5.25. The molecule has 4 rings (SSSR count).